The largest absolute Gasteiger partial charge is 0.383 e. The van der Waals surface area contributed by atoms with Gasteiger partial charge in [0, 0.05) is 46.3 Å². The van der Waals surface area contributed by atoms with Gasteiger partial charge < -0.3 is 19.9 Å². The van der Waals surface area contributed by atoms with Gasteiger partial charge in [0.1, 0.15) is 0 Å². The number of amides is 2. The monoisotopic (exact) mass is 359 g/mol. The van der Waals surface area contributed by atoms with Crippen LogP contribution in [0.4, 0.5) is 0 Å². The number of carbonyl (C=O) groups is 2. The highest BCUT2D eigenvalue weighted by molar-refractivity contribution is 5.89. The summed E-state index contributed by atoms with van der Waals surface area (Å²) in [6.07, 6.45) is 1.32. The number of aryl methyl sites for hydroxylation is 1. The Labute approximate surface area is 155 Å². The summed E-state index contributed by atoms with van der Waals surface area (Å²) in [5, 5.41) is 3.40. The normalized spacial score (nSPS) is 23.5. The van der Waals surface area contributed by atoms with E-state index in [1.165, 1.54) is 5.56 Å². The number of hydrogen-bond acceptors (Lipinski definition) is 4. The van der Waals surface area contributed by atoms with Gasteiger partial charge in [0.25, 0.3) is 0 Å². The van der Waals surface area contributed by atoms with Crippen LogP contribution in [0.1, 0.15) is 30.5 Å². The average Bonchev–Trinajstić information content (AvgIpc) is 3.06. The lowest BCUT2D eigenvalue weighted by Crippen LogP contribution is -2.50. The van der Waals surface area contributed by atoms with Crippen molar-refractivity contribution in [2.45, 2.75) is 25.8 Å². The molecule has 2 atom stereocenters. The standard InChI is InChI=1S/C20H29N3O3/c1-3-15-4-6-16(7-5-15)18-13-21-8-9-23(18)20(25)17-12-19(24)22(14-17)10-11-26-2/h4-7,17-18,21H,3,8-14H2,1-2H3. The van der Waals surface area contributed by atoms with Crippen molar-refractivity contribution in [1.29, 1.82) is 0 Å². The maximum Gasteiger partial charge on any atom is 0.228 e. The molecule has 2 fully saturated rings. The van der Waals surface area contributed by atoms with Crippen molar-refractivity contribution in [2.75, 3.05) is 46.4 Å². The summed E-state index contributed by atoms with van der Waals surface area (Å²) in [4.78, 5) is 29.1. The number of likely N-dealkylation sites (tertiary alicyclic amines) is 1. The SMILES string of the molecule is CCc1ccc(C2CNCCN2C(=O)C2CC(=O)N(CCOC)C2)cc1. The number of benzene rings is 1. The van der Waals surface area contributed by atoms with Gasteiger partial charge in [-0.2, -0.15) is 0 Å². The molecular formula is C20H29N3O3. The fourth-order valence-electron chi connectivity index (χ4n) is 3.83. The van der Waals surface area contributed by atoms with E-state index in [0.717, 1.165) is 25.1 Å². The van der Waals surface area contributed by atoms with E-state index in [1.807, 2.05) is 4.90 Å². The minimum Gasteiger partial charge on any atom is -0.383 e. The molecule has 2 heterocycles. The van der Waals surface area contributed by atoms with Crippen LogP contribution in [0.2, 0.25) is 0 Å². The van der Waals surface area contributed by atoms with E-state index in [4.69, 9.17) is 4.74 Å². The molecule has 142 valence electrons. The maximum absolute atomic E-state index is 13.2. The first-order valence-electron chi connectivity index (χ1n) is 9.50. The molecule has 1 aromatic rings. The highest BCUT2D eigenvalue weighted by atomic mass is 16.5. The fourth-order valence-corrected chi connectivity index (χ4v) is 3.83. The molecule has 1 N–H and O–H groups in total. The number of rotatable bonds is 6. The Morgan fingerprint density at radius 3 is 2.77 bits per heavy atom. The van der Waals surface area contributed by atoms with Crippen LogP contribution in [0.3, 0.4) is 0 Å². The average molecular weight is 359 g/mol. The van der Waals surface area contributed by atoms with E-state index in [-0.39, 0.29) is 23.8 Å². The minimum absolute atomic E-state index is 0.0327. The van der Waals surface area contributed by atoms with Gasteiger partial charge in [-0.25, -0.2) is 0 Å². The molecule has 0 spiro atoms. The zero-order valence-corrected chi connectivity index (χ0v) is 15.7. The topological polar surface area (TPSA) is 61.9 Å². The number of methoxy groups -OCH3 is 1. The second-order valence-corrected chi connectivity index (χ2v) is 7.08. The molecule has 6 heteroatoms. The zero-order chi connectivity index (χ0) is 18.5. The predicted molar refractivity (Wildman–Crippen MR) is 99.7 cm³/mol. The molecule has 2 saturated heterocycles. The third-order valence-electron chi connectivity index (χ3n) is 5.43. The number of nitrogens with zero attached hydrogens (tertiary/aromatic N) is 2. The summed E-state index contributed by atoms with van der Waals surface area (Å²) in [6.45, 7) is 5.94. The summed E-state index contributed by atoms with van der Waals surface area (Å²) in [5.74, 6) is -0.0846. The Morgan fingerprint density at radius 2 is 2.08 bits per heavy atom. The molecule has 1 aromatic carbocycles. The molecular weight excluding hydrogens is 330 g/mol. The number of ether oxygens (including phenoxy) is 1. The van der Waals surface area contributed by atoms with Crippen molar-refractivity contribution in [1.82, 2.24) is 15.1 Å². The molecule has 2 unspecified atom stereocenters. The van der Waals surface area contributed by atoms with Crippen molar-refractivity contribution in [3.8, 4) is 0 Å². The Morgan fingerprint density at radius 1 is 1.31 bits per heavy atom. The first-order chi connectivity index (χ1) is 12.6. The van der Waals surface area contributed by atoms with Gasteiger partial charge in [-0.05, 0) is 17.5 Å². The summed E-state index contributed by atoms with van der Waals surface area (Å²) < 4.78 is 5.06. The number of carbonyl (C=O) groups excluding carboxylic acids is 2. The first kappa shape index (κ1) is 18.9. The highest BCUT2D eigenvalue weighted by Crippen LogP contribution is 2.28. The Kier molecular flexibility index (Phi) is 6.27. The quantitative estimate of drug-likeness (QED) is 0.830. The van der Waals surface area contributed by atoms with Gasteiger partial charge >= 0.3 is 0 Å². The predicted octanol–water partition coefficient (Wildman–Crippen LogP) is 1.22. The maximum atomic E-state index is 13.2. The van der Waals surface area contributed by atoms with Crippen LogP contribution in [0, 0.1) is 5.92 Å². The van der Waals surface area contributed by atoms with Crippen molar-refractivity contribution in [3.05, 3.63) is 35.4 Å². The van der Waals surface area contributed by atoms with E-state index in [0.29, 0.717) is 32.7 Å². The molecule has 2 amide bonds. The number of piperazine rings is 1. The first-order valence-corrected chi connectivity index (χ1v) is 9.50. The molecule has 26 heavy (non-hydrogen) atoms. The Bertz CT molecular complexity index is 632. The zero-order valence-electron chi connectivity index (χ0n) is 15.7. The summed E-state index contributed by atoms with van der Waals surface area (Å²) in [5.41, 5.74) is 2.45. The van der Waals surface area contributed by atoms with E-state index < -0.39 is 0 Å². The van der Waals surface area contributed by atoms with Crippen LogP contribution in [-0.4, -0.2) is 68.1 Å². The smallest absolute Gasteiger partial charge is 0.228 e. The lowest BCUT2D eigenvalue weighted by Gasteiger charge is -2.38. The van der Waals surface area contributed by atoms with Gasteiger partial charge in [0.2, 0.25) is 11.8 Å². The van der Waals surface area contributed by atoms with Crippen molar-refractivity contribution in [3.63, 3.8) is 0 Å². The molecule has 0 bridgehead atoms. The third kappa shape index (κ3) is 4.07. The Hall–Kier alpha value is -1.92. The summed E-state index contributed by atoms with van der Waals surface area (Å²) in [6, 6.07) is 8.56. The van der Waals surface area contributed by atoms with Gasteiger partial charge in [0.05, 0.1) is 18.6 Å². The summed E-state index contributed by atoms with van der Waals surface area (Å²) in [7, 11) is 1.62. The second-order valence-electron chi connectivity index (χ2n) is 7.08. The lowest BCUT2D eigenvalue weighted by molar-refractivity contribution is -0.139. The molecule has 2 aliphatic heterocycles. The minimum atomic E-state index is -0.241. The third-order valence-corrected chi connectivity index (χ3v) is 5.43. The van der Waals surface area contributed by atoms with Crippen molar-refractivity contribution < 1.29 is 14.3 Å². The van der Waals surface area contributed by atoms with E-state index >= 15 is 0 Å². The van der Waals surface area contributed by atoms with Crippen LogP contribution in [-0.2, 0) is 20.7 Å². The molecule has 0 saturated carbocycles. The molecule has 0 aliphatic carbocycles. The van der Waals surface area contributed by atoms with Gasteiger partial charge in [0.15, 0.2) is 0 Å². The number of nitrogens with one attached hydrogen (secondary N) is 1. The van der Waals surface area contributed by atoms with Crippen molar-refractivity contribution in [2.24, 2.45) is 5.92 Å². The summed E-state index contributed by atoms with van der Waals surface area (Å²) >= 11 is 0. The second kappa shape index (κ2) is 8.64. The van der Waals surface area contributed by atoms with Gasteiger partial charge in [-0.1, -0.05) is 31.2 Å². The van der Waals surface area contributed by atoms with E-state index in [9.17, 15) is 9.59 Å². The molecule has 0 aromatic heterocycles. The van der Waals surface area contributed by atoms with E-state index in [1.54, 1.807) is 12.0 Å². The van der Waals surface area contributed by atoms with Crippen LogP contribution in [0.5, 0.6) is 0 Å². The fraction of sp³-hybridized carbons (Fsp3) is 0.600. The molecule has 6 nitrogen and oxygen atoms in total. The van der Waals surface area contributed by atoms with Crippen LogP contribution in [0.15, 0.2) is 24.3 Å². The van der Waals surface area contributed by atoms with Crippen molar-refractivity contribution >= 4 is 11.8 Å². The molecule has 2 aliphatic rings. The van der Waals surface area contributed by atoms with E-state index in [2.05, 4.69) is 36.5 Å². The number of hydrogen-bond donors (Lipinski definition) is 1. The highest BCUT2D eigenvalue weighted by Gasteiger charge is 2.39. The van der Waals surface area contributed by atoms with Crippen LogP contribution in [0.25, 0.3) is 0 Å². The van der Waals surface area contributed by atoms with Crippen LogP contribution < -0.4 is 5.32 Å². The lowest BCUT2D eigenvalue weighted by atomic mass is 9.98. The van der Waals surface area contributed by atoms with Gasteiger partial charge in [-0.15, -0.1) is 0 Å². The van der Waals surface area contributed by atoms with Gasteiger partial charge in [-0.3, -0.25) is 9.59 Å². The molecule has 3 rings (SSSR count). The van der Waals surface area contributed by atoms with Crippen LogP contribution >= 0.6 is 0 Å². The molecule has 0 radical (unpaired) electrons. The Balaban J connectivity index is 1.70.